The van der Waals surface area contributed by atoms with Gasteiger partial charge in [0, 0.05) is 25.6 Å². The van der Waals surface area contributed by atoms with Crippen LogP contribution < -0.4 is 5.32 Å². The SMILES string of the molecule is Cc1nn(C)c(Cl)c1C(=O)Nc1cc(-c2nnc3n2CCCCC3)ccc1F. The number of rotatable bonds is 3. The second-order valence-corrected chi connectivity index (χ2v) is 7.28. The number of fused-ring (bicyclic) bond motifs is 1. The first-order valence-corrected chi connectivity index (χ1v) is 9.56. The van der Waals surface area contributed by atoms with Crippen LogP contribution in [0.15, 0.2) is 18.2 Å². The highest BCUT2D eigenvalue weighted by molar-refractivity contribution is 6.33. The number of carbonyl (C=O) groups excluding carboxylic acids is 1. The number of benzene rings is 1. The number of amides is 1. The third-order valence-corrected chi connectivity index (χ3v) is 5.40. The van der Waals surface area contributed by atoms with Crippen molar-refractivity contribution >= 4 is 23.2 Å². The summed E-state index contributed by atoms with van der Waals surface area (Å²) >= 11 is 6.15. The largest absolute Gasteiger partial charge is 0.319 e. The Hall–Kier alpha value is -2.74. The molecular weight excluding hydrogens is 383 g/mol. The van der Waals surface area contributed by atoms with Crippen LogP contribution in [0.25, 0.3) is 11.4 Å². The summed E-state index contributed by atoms with van der Waals surface area (Å²) in [4.78, 5) is 12.6. The number of anilines is 1. The summed E-state index contributed by atoms with van der Waals surface area (Å²) in [6.07, 6.45) is 4.19. The normalized spacial score (nSPS) is 13.9. The van der Waals surface area contributed by atoms with Crippen LogP contribution in [0.2, 0.25) is 5.15 Å². The second kappa shape index (κ2) is 7.35. The Morgan fingerprint density at radius 3 is 2.82 bits per heavy atom. The lowest BCUT2D eigenvalue weighted by molar-refractivity contribution is 0.102. The van der Waals surface area contributed by atoms with E-state index < -0.39 is 11.7 Å². The smallest absolute Gasteiger partial charge is 0.260 e. The molecular formula is C19H20ClFN6O. The van der Waals surface area contributed by atoms with Gasteiger partial charge in [0.05, 0.1) is 16.9 Å². The van der Waals surface area contributed by atoms with E-state index in [0.717, 1.165) is 38.1 Å². The number of aromatic nitrogens is 5. The zero-order valence-electron chi connectivity index (χ0n) is 15.7. The van der Waals surface area contributed by atoms with E-state index in [1.165, 1.54) is 10.7 Å². The first-order chi connectivity index (χ1) is 13.5. The Morgan fingerprint density at radius 1 is 1.25 bits per heavy atom. The Morgan fingerprint density at radius 2 is 2.07 bits per heavy atom. The van der Waals surface area contributed by atoms with Crippen molar-refractivity contribution in [2.45, 2.75) is 39.2 Å². The molecule has 0 spiro atoms. The number of halogens is 2. The Balaban J connectivity index is 1.67. The average molecular weight is 403 g/mol. The topological polar surface area (TPSA) is 77.6 Å². The molecule has 0 aliphatic carbocycles. The van der Waals surface area contributed by atoms with Crippen molar-refractivity contribution in [3.05, 3.63) is 46.3 Å². The van der Waals surface area contributed by atoms with Crippen molar-refractivity contribution in [1.29, 1.82) is 0 Å². The molecule has 1 aliphatic rings. The molecule has 2 aromatic heterocycles. The first-order valence-electron chi connectivity index (χ1n) is 9.18. The summed E-state index contributed by atoms with van der Waals surface area (Å²) in [5.41, 5.74) is 1.47. The van der Waals surface area contributed by atoms with E-state index in [-0.39, 0.29) is 16.4 Å². The van der Waals surface area contributed by atoms with Gasteiger partial charge in [-0.2, -0.15) is 5.10 Å². The fraction of sp³-hybridized carbons (Fsp3) is 0.368. The highest BCUT2D eigenvalue weighted by atomic mass is 35.5. The van der Waals surface area contributed by atoms with Gasteiger partial charge in [-0.3, -0.25) is 9.48 Å². The zero-order chi connectivity index (χ0) is 19.8. The minimum Gasteiger partial charge on any atom is -0.319 e. The van der Waals surface area contributed by atoms with Gasteiger partial charge in [0.2, 0.25) is 0 Å². The van der Waals surface area contributed by atoms with Gasteiger partial charge in [-0.25, -0.2) is 4.39 Å². The Labute approximate surface area is 166 Å². The molecule has 1 aliphatic heterocycles. The fourth-order valence-electron chi connectivity index (χ4n) is 3.53. The van der Waals surface area contributed by atoms with Crippen molar-refractivity contribution in [2.75, 3.05) is 5.32 Å². The number of nitrogens with zero attached hydrogens (tertiary/aromatic N) is 5. The molecule has 28 heavy (non-hydrogen) atoms. The number of carbonyl (C=O) groups is 1. The molecule has 0 atom stereocenters. The maximum absolute atomic E-state index is 14.4. The summed E-state index contributed by atoms with van der Waals surface area (Å²) < 4.78 is 17.9. The van der Waals surface area contributed by atoms with Crippen molar-refractivity contribution in [2.24, 2.45) is 7.05 Å². The number of hydrogen-bond donors (Lipinski definition) is 1. The van der Waals surface area contributed by atoms with Gasteiger partial charge in [-0.1, -0.05) is 18.0 Å². The third kappa shape index (κ3) is 3.28. The van der Waals surface area contributed by atoms with Gasteiger partial charge in [0.25, 0.3) is 5.91 Å². The molecule has 0 saturated heterocycles. The maximum atomic E-state index is 14.4. The van der Waals surface area contributed by atoms with Gasteiger partial charge in [-0.15, -0.1) is 10.2 Å². The van der Waals surface area contributed by atoms with Crippen LogP contribution in [0.5, 0.6) is 0 Å². The monoisotopic (exact) mass is 402 g/mol. The molecule has 0 unspecified atom stereocenters. The lowest BCUT2D eigenvalue weighted by Crippen LogP contribution is -2.14. The van der Waals surface area contributed by atoms with Crippen molar-refractivity contribution < 1.29 is 9.18 Å². The Bertz CT molecular complexity index is 1060. The molecule has 7 nitrogen and oxygen atoms in total. The summed E-state index contributed by atoms with van der Waals surface area (Å²) in [6, 6.07) is 4.55. The number of hydrogen-bond acceptors (Lipinski definition) is 4. The second-order valence-electron chi connectivity index (χ2n) is 6.93. The quantitative estimate of drug-likeness (QED) is 0.723. The van der Waals surface area contributed by atoms with Crippen LogP contribution in [0, 0.1) is 12.7 Å². The van der Waals surface area contributed by atoms with E-state index >= 15 is 0 Å². The molecule has 0 radical (unpaired) electrons. The van der Waals surface area contributed by atoms with Crippen LogP contribution in [0.3, 0.4) is 0 Å². The van der Waals surface area contributed by atoms with Gasteiger partial charge >= 0.3 is 0 Å². The highest BCUT2D eigenvalue weighted by Gasteiger charge is 2.21. The summed E-state index contributed by atoms with van der Waals surface area (Å²) in [5, 5.41) is 15.5. The van der Waals surface area contributed by atoms with E-state index in [2.05, 4.69) is 25.2 Å². The van der Waals surface area contributed by atoms with Crippen LogP contribution in [-0.4, -0.2) is 30.5 Å². The van der Waals surface area contributed by atoms with E-state index in [4.69, 9.17) is 11.6 Å². The molecule has 0 saturated carbocycles. The van der Waals surface area contributed by atoms with Crippen LogP contribution in [-0.2, 0) is 20.0 Å². The molecule has 9 heteroatoms. The molecule has 0 bridgehead atoms. The summed E-state index contributed by atoms with van der Waals surface area (Å²) in [5.74, 6) is 0.584. The van der Waals surface area contributed by atoms with Gasteiger partial charge in [0.15, 0.2) is 5.82 Å². The minimum atomic E-state index is -0.537. The summed E-state index contributed by atoms with van der Waals surface area (Å²) in [7, 11) is 1.64. The van der Waals surface area contributed by atoms with Crippen LogP contribution >= 0.6 is 11.6 Å². The van der Waals surface area contributed by atoms with Crippen LogP contribution in [0.1, 0.15) is 41.1 Å². The van der Waals surface area contributed by atoms with E-state index in [0.29, 0.717) is 17.1 Å². The predicted octanol–water partition coefficient (Wildman–Crippen LogP) is 3.76. The lowest BCUT2D eigenvalue weighted by Gasteiger charge is -2.10. The molecule has 1 amide bonds. The molecule has 3 aromatic rings. The van der Waals surface area contributed by atoms with Crippen molar-refractivity contribution in [1.82, 2.24) is 24.5 Å². The minimum absolute atomic E-state index is 0.0628. The van der Waals surface area contributed by atoms with E-state index in [9.17, 15) is 9.18 Å². The van der Waals surface area contributed by atoms with Gasteiger partial charge in [0.1, 0.15) is 16.8 Å². The average Bonchev–Trinajstić information content (AvgIpc) is 3.06. The molecule has 1 N–H and O–H groups in total. The van der Waals surface area contributed by atoms with Crippen molar-refractivity contribution in [3.8, 4) is 11.4 Å². The highest BCUT2D eigenvalue weighted by Crippen LogP contribution is 2.28. The Kier molecular flexibility index (Phi) is 4.89. The van der Waals surface area contributed by atoms with Gasteiger partial charge < -0.3 is 9.88 Å². The maximum Gasteiger partial charge on any atom is 0.260 e. The predicted molar refractivity (Wildman–Crippen MR) is 104 cm³/mol. The molecule has 4 rings (SSSR count). The molecule has 0 fully saturated rings. The third-order valence-electron chi connectivity index (χ3n) is 4.96. The number of nitrogens with one attached hydrogen (secondary N) is 1. The lowest BCUT2D eigenvalue weighted by atomic mass is 10.1. The van der Waals surface area contributed by atoms with Crippen molar-refractivity contribution in [3.63, 3.8) is 0 Å². The van der Waals surface area contributed by atoms with E-state index in [1.54, 1.807) is 26.1 Å². The molecule has 1 aromatic carbocycles. The van der Waals surface area contributed by atoms with Gasteiger partial charge in [-0.05, 0) is 38.0 Å². The molecule has 146 valence electrons. The fourth-order valence-corrected chi connectivity index (χ4v) is 3.79. The first kappa shape index (κ1) is 18.6. The standard InChI is InChI=1S/C19H20ClFN6O/c1-11-16(17(20)26(2)25-11)19(28)22-14-10-12(7-8-13(14)21)18-24-23-15-6-4-3-5-9-27(15)18/h7-8,10H,3-6,9H2,1-2H3,(H,22,28). The summed E-state index contributed by atoms with van der Waals surface area (Å²) in [6.45, 7) is 2.51. The van der Waals surface area contributed by atoms with E-state index in [1.807, 2.05) is 0 Å². The number of aryl methyl sites for hydroxylation is 3. The molecule has 3 heterocycles. The van der Waals surface area contributed by atoms with Crippen LogP contribution in [0.4, 0.5) is 10.1 Å². The zero-order valence-corrected chi connectivity index (χ0v) is 16.4.